The predicted molar refractivity (Wildman–Crippen MR) is 66.4 cm³/mol. The zero-order chi connectivity index (χ0) is 14.8. The van der Waals surface area contributed by atoms with Gasteiger partial charge in [0.1, 0.15) is 6.33 Å². The predicted octanol–water partition coefficient (Wildman–Crippen LogP) is 3.40. The van der Waals surface area contributed by atoms with Crippen molar-refractivity contribution in [3.05, 3.63) is 53.1 Å². The van der Waals surface area contributed by atoms with Gasteiger partial charge in [-0.2, -0.15) is 13.2 Å². The maximum Gasteiger partial charge on any atom is 0.418 e. The van der Waals surface area contributed by atoms with Gasteiger partial charge >= 0.3 is 6.18 Å². The zero-order valence-electron chi connectivity index (χ0n) is 9.78. The van der Waals surface area contributed by atoms with Crippen molar-refractivity contribution in [1.82, 2.24) is 9.97 Å². The second-order valence-corrected chi connectivity index (χ2v) is 4.21. The minimum Gasteiger partial charge on any atom is -0.321 e. The van der Waals surface area contributed by atoms with Gasteiger partial charge in [-0.05, 0) is 18.2 Å². The van der Waals surface area contributed by atoms with E-state index in [1.54, 1.807) is 0 Å². The maximum atomic E-state index is 12.8. The van der Waals surface area contributed by atoms with Crippen LogP contribution in [0.25, 0.3) is 0 Å². The molecule has 0 spiro atoms. The molecule has 1 heterocycles. The van der Waals surface area contributed by atoms with Crippen LogP contribution in [-0.4, -0.2) is 15.9 Å². The van der Waals surface area contributed by atoms with Gasteiger partial charge in [0.05, 0.1) is 16.8 Å². The Balaban J connectivity index is 2.33. The number of alkyl halides is 3. The molecule has 0 bridgehead atoms. The summed E-state index contributed by atoms with van der Waals surface area (Å²) in [5, 5.41) is 2.09. The van der Waals surface area contributed by atoms with Crippen LogP contribution in [0.1, 0.15) is 15.9 Å². The third-order valence-corrected chi connectivity index (χ3v) is 2.59. The number of anilines is 1. The van der Waals surface area contributed by atoms with E-state index in [2.05, 4.69) is 15.3 Å². The number of benzene rings is 1. The third kappa shape index (κ3) is 3.24. The van der Waals surface area contributed by atoms with Gasteiger partial charge in [-0.15, -0.1) is 0 Å². The van der Waals surface area contributed by atoms with Crippen LogP contribution in [0.15, 0.2) is 36.9 Å². The summed E-state index contributed by atoms with van der Waals surface area (Å²) >= 11 is 5.54. The Morgan fingerprint density at radius 3 is 2.45 bits per heavy atom. The molecule has 0 unspecified atom stereocenters. The Bertz CT molecular complexity index is 632. The summed E-state index contributed by atoms with van der Waals surface area (Å²) in [5.74, 6) is -0.738. The minimum absolute atomic E-state index is 0.0515. The molecule has 2 aromatic rings. The summed E-state index contributed by atoms with van der Waals surface area (Å²) in [7, 11) is 0. The molecule has 4 nitrogen and oxygen atoms in total. The smallest absolute Gasteiger partial charge is 0.321 e. The fourth-order valence-corrected chi connectivity index (χ4v) is 1.64. The molecule has 0 aliphatic heterocycles. The molecule has 1 amide bonds. The van der Waals surface area contributed by atoms with Gasteiger partial charge in [-0.3, -0.25) is 4.79 Å². The fraction of sp³-hybridized carbons (Fsp3) is 0.0833. The lowest BCUT2D eigenvalue weighted by Gasteiger charge is -2.14. The number of carbonyl (C=O) groups excluding carboxylic acids is 1. The highest BCUT2D eigenvalue weighted by molar-refractivity contribution is 6.30. The van der Waals surface area contributed by atoms with Crippen molar-refractivity contribution in [3.8, 4) is 0 Å². The molecule has 0 aliphatic rings. The van der Waals surface area contributed by atoms with Crippen molar-refractivity contribution < 1.29 is 18.0 Å². The quantitative estimate of drug-likeness (QED) is 0.925. The van der Waals surface area contributed by atoms with Crippen LogP contribution in [0.3, 0.4) is 0 Å². The Labute approximate surface area is 116 Å². The van der Waals surface area contributed by atoms with Gasteiger partial charge in [-0.25, -0.2) is 9.97 Å². The highest BCUT2D eigenvalue weighted by atomic mass is 35.5. The molecule has 104 valence electrons. The molecule has 0 fully saturated rings. The van der Waals surface area contributed by atoms with Crippen LogP contribution in [0, 0.1) is 0 Å². The van der Waals surface area contributed by atoms with Gasteiger partial charge in [0.25, 0.3) is 5.91 Å². The summed E-state index contributed by atoms with van der Waals surface area (Å²) in [4.78, 5) is 19.0. The highest BCUT2D eigenvalue weighted by Crippen LogP contribution is 2.36. The number of aromatic nitrogens is 2. The van der Waals surface area contributed by atoms with Crippen LogP contribution >= 0.6 is 11.6 Å². The highest BCUT2D eigenvalue weighted by Gasteiger charge is 2.34. The van der Waals surface area contributed by atoms with E-state index in [1.807, 2.05) is 0 Å². The van der Waals surface area contributed by atoms with Crippen LogP contribution in [0.2, 0.25) is 5.02 Å². The topological polar surface area (TPSA) is 54.9 Å². The van der Waals surface area contributed by atoms with Crippen molar-refractivity contribution >= 4 is 23.2 Å². The van der Waals surface area contributed by atoms with Gasteiger partial charge < -0.3 is 5.32 Å². The molecule has 1 aromatic carbocycles. The average Bonchev–Trinajstić information content (AvgIpc) is 2.40. The number of amides is 1. The molecular weight excluding hydrogens is 295 g/mol. The first kappa shape index (κ1) is 14.3. The number of rotatable bonds is 2. The molecule has 1 N–H and O–H groups in total. The van der Waals surface area contributed by atoms with Gasteiger partial charge in [-0.1, -0.05) is 11.6 Å². The normalized spacial score (nSPS) is 11.2. The number of hydrogen-bond acceptors (Lipinski definition) is 3. The van der Waals surface area contributed by atoms with E-state index in [9.17, 15) is 18.0 Å². The Morgan fingerprint density at radius 2 is 1.85 bits per heavy atom. The van der Waals surface area contributed by atoms with Gasteiger partial charge in [0, 0.05) is 17.4 Å². The molecule has 0 atom stereocenters. The Kier molecular flexibility index (Phi) is 3.89. The first-order valence-corrected chi connectivity index (χ1v) is 5.69. The largest absolute Gasteiger partial charge is 0.418 e. The van der Waals surface area contributed by atoms with Gasteiger partial charge in [0.2, 0.25) is 0 Å². The molecule has 1 aromatic heterocycles. The lowest BCUT2D eigenvalue weighted by molar-refractivity contribution is -0.136. The first-order chi connectivity index (χ1) is 9.38. The van der Waals surface area contributed by atoms with Crippen LogP contribution in [0.5, 0.6) is 0 Å². The number of halogens is 4. The molecule has 8 heteroatoms. The van der Waals surface area contributed by atoms with E-state index in [0.717, 1.165) is 12.1 Å². The number of nitrogens with zero attached hydrogens (tertiary/aromatic N) is 2. The summed E-state index contributed by atoms with van der Waals surface area (Å²) in [6.07, 6.45) is -1.02. The molecule has 0 saturated heterocycles. The van der Waals surface area contributed by atoms with E-state index in [4.69, 9.17) is 11.6 Å². The fourth-order valence-electron chi connectivity index (χ4n) is 1.47. The van der Waals surface area contributed by atoms with E-state index in [1.165, 1.54) is 24.8 Å². The van der Waals surface area contributed by atoms with Crippen LogP contribution in [0.4, 0.5) is 18.9 Å². The van der Waals surface area contributed by atoms with Crippen molar-refractivity contribution in [1.29, 1.82) is 0 Å². The summed E-state index contributed by atoms with van der Waals surface area (Å²) < 4.78 is 38.5. The monoisotopic (exact) mass is 301 g/mol. The third-order valence-electron chi connectivity index (χ3n) is 2.36. The molecule has 0 saturated carbocycles. The van der Waals surface area contributed by atoms with E-state index in [0.29, 0.717) is 0 Å². The van der Waals surface area contributed by atoms with Crippen molar-refractivity contribution in [2.24, 2.45) is 0 Å². The zero-order valence-corrected chi connectivity index (χ0v) is 10.5. The average molecular weight is 302 g/mol. The second-order valence-electron chi connectivity index (χ2n) is 3.77. The lowest BCUT2D eigenvalue weighted by atomic mass is 10.1. The Hall–Kier alpha value is -2.15. The van der Waals surface area contributed by atoms with E-state index in [-0.39, 0.29) is 16.3 Å². The SMILES string of the molecule is O=C(Nc1ccc(Cl)cc1C(F)(F)F)c1cncnc1. The standard InChI is InChI=1S/C12H7ClF3N3O/c13-8-1-2-10(9(3-8)12(14,15)16)19-11(20)7-4-17-6-18-5-7/h1-6H,(H,19,20). The van der Waals surface area contributed by atoms with Crippen molar-refractivity contribution in [2.75, 3.05) is 5.32 Å². The van der Waals surface area contributed by atoms with E-state index >= 15 is 0 Å². The van der Waals surface area contributed by atoms with Crippen molar-refractivity contribution in [3.63, 3.8) is 0 Å². The summed E-state index contributed by atoms with van der Waals surface area (Å²) in [6.45, 7) is 0. The molecule has 0 aliphatic carbocycles. The number of nitrogens with one attached hydrogen (secondary N) is 1. The summed E-state index contributed by atoms with van der Waals surface area (Å²) in [6, 6.07) is 3.10. The minimum atomic E-state index is -4.62. The molecule has 0 radical (unpaired) electrons. The number of carbonyl (C=O) groups is 1. The molecule has 20 heavy (non-hydrogen) atoms. The molecular formula is C12H7ClF3N3O. The van der Waals surface area contributed by atoms with Crippen LogP contribution < -0.4 is 5.32 Å². The maximum absolute atomic E-state index is 12.8. The van der Waals surface area contributed by atoms with E-state index < -0.39 is 17.6 Å². The van der Waals surface area contributed by atoms with Gasteiger partial charge in [0.15, 0.2) is 0 Å². The second kappa shape index (κ2) is 5.46. The summed E-state index contributed by atoms with van der Waals surface area (Å²) in [5.41, 5.74) is -1.35. The molecule has 2 rings (SSSR count). The van der Waals surface area contributed by atoms with Crippen LogP contribution in [-0.2, 0) is 6.18 Å². The number of hydrogen-bond donors (Lipinski definition) is 1. The van der Waals surface area contributed by atoms with Crippen molar-refractivity contribution in [2.45, 2.75) is 6.18 Å². The Morgan fingerprint density at radius 1 is 1.20 bits per heavy atom. The lowest BCUT2D eigenvalue weighted by Crippen LogP contribution is -2.17. The first-order valence-electron chi connectivity index (χ1n) is 5.31.